The highest BCUT2D eigenvalue weighted by Crippen LogP contribution is 2.50. The van der Waals surface area contributed by atoms with Crippen molar-refractivity contribution in [1.82, 2.24) is 15.0 Å². The molecule has 1 aromatic carbocycles. The average molecular weight is 519 g/mol. The number of piperidine rings is 1. The minimum Gasteiger partial charge on any atom is -0.354 e. The number of rotatable bonds is 2. The average Bonchev–Trinajstić information content (AvgIpc) is 3.04. The number of hydrogen-bond acceptors (Lipinski definition) is 5. The summed E-state index contributed by atoms with van der Waals surface area (Å²) < 4.78 is 0.709. The number of fused-ring (bicyclic) bond motifs is 1. The quantitative estimate of drug-likeness (QED) is 0.467. The molecule has 2 N–H and O–H groups in total. The predicted octanol–water partition coefficient (Wildman–Crippen LogP) is 5.76. The maximum Gasteiger partial charge on any atom is 0.162 e. The molecule has 1 atom stereocenters. The smallest absolute Gasteiger partial charge is 0.162 e. The molecule has 8 heteroatoms. The Labute approximate surface area is 200 Å². The van der Waals surface area contributed by atoms with Crippen molar-refractivity contribution in [3.05, 3.63) is 68.1 Å². The SMILES string of the molecule is Cc1nc(N2CCC3(CC2)Cc2ncccc2[C@H]3N)c(Br)nc1-c1cccc(Cl)c1Cl. The first-order chi connectivity index (χ1) is 14.9. The molecule has 2 aliphatic rings. The molecule has 1 fully saturated rings. The zero-order valence-corrected chi connectivity index (χ0v) is 20.2. The summed E-state index contributed by atoms with van der Waals surface area (Å²) in [5, 5.41) is 0.995. The van der Waals surface area contributed by atoms with Crippen LogP contribution >= 0.6 is 39.1 Å². The van der Waals surface area contributed by atoms with Gasteiger partial charge in [0.1, 0.15) is 4.60 Å². The Morgan fingerprint density at radius 3 is 2.65 bits per heavy atom. The molecule has 0 unspecified atom stereocenters. The Morgan fingerprint density at radius 1 is 1.13 bits per heavy atom. The van der Waals surface area contributed by atoms with Crippen LogP contribution < -0.4 is 10.6 Å². The van der Waals surface area contributed by atoms with Gasteiger partial charge < -0.3 is 10.6 Å². The van der Waals surface area contributed by atoms with Crippen molar-refractivity contribution >= 4 is 44.9 Å². The van der Waals surface area contributed by atoms with Gasteiger partial charge in [0.2, 0.25) is 0 Å². The molecule has 5 rings (SSSR count). The van der Waals surface area contributed by atoms with Crippen LogP contribution in [0.2, 0.25) is 10.0 Å². The third-order valence-electron chi connectivity index (χ3n) is 6.72. The van der Waals surface area contributed by atoms with Crippen LogP contribution in [0.4, 0.5) is 5.82 Å². The van der Waals surface area contributed by atoms with Crippen LogP contribution in [0.1, 0.15) is 35.8 Å². The van der Waals surface area contributed by atoms with Crippen LogP contribution in [0.15, 0.2) is 41.1 Å². The van der Waals surface area contributed by atoms with Gasteiger partial charge in [-0.25, -0.2) is 9.97 Å². The van der Waals surface area contributed by atoms with Crippen molar-refractivity contribution in [2.45, 2.75) is 32.2 Å². The van der Waals surface area contributed by atoms with E-state index in [0.717, 1.165) is 60.8 Å². The molecule has 1 aliphatic carbocycles. The topological polar surface area (TPSA) is 67.9 Å². The molecule has 3 aromatic rings. The third kappa shape index (κ3) is 3.54. The van der Waals surface area contributed by atoms with Gasteiger partial charge in [0, 0.05) is 36.6 Å². The lowest BCUT2D eigenvalue weighted by atomic mass is 9.73. The summed E-state index contributed by atoms with van der Waals surface area (Å²) in [5.74, 6) is 0.858. The molecule has 0 amide bonds. The fourth-order valence-corrected chi connectivity index (χ4v) is 5.84. The van der Waals surface area contributed by atoms with E-state index in [4.69, 9.17) is 38.9 Å². The summed E-state index contributed by atoms with van der Waals surface area (Å²) in [6.45, 7) is 3.72. The van der Waals surface area contributed by atoms with E-state index in [1.807, 2.05) is 31.3 Å². The Balaban J connectivity index is 1.39. The normalized spacial score (nSPS) is 19.6. The molecule has 2 aromatic heterocycles. The van der Waals surface area contributed by atoms with E-state index < -0.39 is 0 Å². The van der Waals surface area contributed by atoms with E-state index in [-0.39, 0.29) is 11.5 Å². The summed E-state index contributed by atoms with van der Waals surface area (Å²) in [5.41, 5.74) is 11.5. The van der Waals surface area contributed by atoms with Crippen LogP contribution in [0.3, 0.4) is 0 Å². The summed E-state index contributed by atoms with van der Waals surface area (Å²) in [6.07, 6.45) is 4.82. The monoisotopic (exact) mass is 517 g/mol. The van der Waals surface area contributed by atoms with Crippen LogP contribution in [-0.2, 0) is 6.42 Å². The molecule has 31 heavy (non-hydrogen) atoms. The lowest BCUT2D eigenvalue weighted by Crippen LogP contribution is -2.44. The fraction of sp³-hybridized carbons (Fsp3) is 0.348. The van der Waals surface area contributed by atoms with Gasteiger partial charge in [-0.15, -0.1) is 0 Å². The minimum atomic E-state index is 0.0435. The standard InChI is InChI=1S/C23H22BrCl2N5/c1-13-19(15-4-2-6-16(25)18(15)26)30-21(24)22(29-13)31-10-7-23(8-11-31)12-17-14(20(23)27)5-3-9-28-17/h2-6,9,20H,7-8,10-12,27H2,1H3/t20-/m1/s1. The minimum absolute atomic E-state index is 0.0435. The zero-order valence-electron chi connectivity index (χ0n) is 17.1. The molecule has 0 radical (unpaired) electrons. The van der Waals surface area contributed by atoms with Gasteiger partial charge in [-0.1, -0.05) is 41.4 Å². The number of aryl methyl sites for hydroxylation is 1. The summed E-state index contributed by atoms with van der Waals surface area (Å²) in [4.78, 5) is 16.5. The molecule has 1 spiro atoms. The highest BCUT2D eigenvalue weighted by atomic mass is 79.9. The van der Waals surface area contributed by atoms with Crippen LogP contribution in [-0.4, -0.2) is 28.0 Å². The van der Waals surface area contributed by atoms with Crippen molar-refractivity contribution in [1.29, 1.82) is 0 Å². The number of pyridine rings is 1. The second-order valence-electron chi connectivity index (χ2n) is 8.42. The second-order valence-corrected chi connectivity index (χ2v) is 9.95. The fourth-order valence-electron chi connectivity index (χ4n) is 4.94. The number of halogens is 3. The van der Waals surface area contributed by atoms with Crippen LogP contribution in [0.25, 0.3) is 11.3 Å². The molecule has 0 bridgehead atoms. The molecular weight excluding hydrogens is 497 g/mol. The highest BCUT2D eigenvalue weighted by molar-refractivity contribution is 9.10. The Hall–Kier alpha value is -1.73. The molecule has 5 nitrogen and oxygen atoms in total. The molecule has 160 valence electrons. The number of aromatic nitrogens is 3. The first-order valence-electron chi connectivity index (χ1n) is 10.3. The van der Waals surface area contributed by atoms with Crippen molar-refractivity contribution in [3.8, 4) is 11.3 Å². The van der Waals surface area contributed by atoms with Crippen molar-refractivity contribution in [3.63, 3.8) is 0 Å². The Bertz CT molecular complexity index is 1160. The van der Waals surface area contributed by atoms with E-state index in [1.165, 1.54) is 5.56 Å². The van der Waals surface area contributed by atoms with E-state index in [9.17, 15) is 0 Å². The van der Waals surface area contributed by atoms with E-state index in [1.54, 1.807) is 6.07 Å². The van der Waals surface area contributed by atoms with Crippen LogP contribution in [0, 0.1) is 12.3 Å². The summed E-state index contributed by atoms with van der Waals surface area (Å²) in [7, 11) is 0. The zero-order chi connectivity index (χ0) is 21.8. The van der Waals surface area contributed by atoms with E-state index >= 15 is 0 Å². The molecule has 1 aliphatic heterocycles. The number of anilines is 1. The number of nitrogens with zero attached hydrogens (tertiary/aromatic N) is 4. The first kappa shape index (κ1) is 21.1. The summed E-state index contributed by atoms with van der Waals surface area (Å²) >= 11 is 16.3. The van der Waals surface area contributed by atoms with Crippen molar-refractivity contribution in [2.75, 3.05) is 18.0 Å². The number of nitrogens with two attached hydrogens (primary N) is 1. The van der Waals surface area contributed by atoms with E-state index in [0.29, 0.717) is 14.6 Å². The first-order valence-corrected chi connectivity index (χ1v) is 11.9. The van der Waals surface area contributed by atoms with Crippen LogP contribution in [0.5, 0.6) is 0 Å². The Morgan fingerprint density at radius 2 is 1.90 bits per heavy atom. The number of hydrogen-bond donors (Lipinski definition) is 1. The molecular formula is C23H22BrCl2N5. The maximum atomic E-state index is 6.69. The molecule has 1 saturated heterocycles. The van der Waals surface area contributed by atoms with Gasteiger partial charge in [-0.2, -0.15) is 0 Å². The second kappa shape index (κ2) is 8.00. The van der Waals surface area contributed by atoms with Crippen molar-refractivity contribution < 1.29 is 0 Å². The maximum absolute atomic E-state index is 6.69. The third-order valence-corrected chi connectivity index (χ3v) is 8.07. The van der Waals surface area contributed by atoms with Gasteiger partial charge in [0.05, 0.1) is 21.4 Å². The largest absolute Gasteiger partial charge is 0.354 e. The van der Waals surface area contributed by atoms with Gasteiger partial charge in [0.15, 0.2) is 5.82 Å². The Kier molecular flexibility index (Phi) is 5.45. The molecule has 3 heterocycles. The summed E-state index contributed by atoms with van der Waals surface area (Å²) in [6, 6.07) is 9.70. The number of benzene rings is 1. The van der Waals surface area contributed by atoms with Gasteiger partial charge in [0.25, 0.3) is 0 Å². The van der Waals surface area contributed by atoms with Crippen molar-refractivity contribution in [2.24, 2.45) is 11.1 Å². The lowest BCUT2D eigenvalue weighted by Gasteiger charge is -2.42. The predicted molar refractivity (Wildman–Crippen MR) is 129 cm³/mol. The molecule has 0 saturated carbocycles. The van der Waals surface area contributed by atoms with E-state index in [2.05, 4.69) is 31.9 Å². The van der Waals surface area contributed by atoms with Gasteiger partial charge in [-0.3, -0.25) is 4.98 Å². The highest BCUT2D eigenvalue weighted by Gasteiger charge is 2.46. The van der Waals surface area contributed by atoms with Gasteiger partial charge >= 0.3 is 0 Å². The van der Waals surface area contributed by atoms with Gasteiger partial charge in [-0.05, 0) is 65.2 Å². The lowest BCUT2D eigenvalue weighted by molar-refractivity contribution is 0.186.